The summed E-state index contributed by atoms with van der Waals surface area (Å²) in [5, 5.41) is 14.8. The number of amides is 1. The smallest absolute Gasteiger partial charge is 0.274 e. The summed E-state index contributed by atoms with van der Waals surface area (Å²) in [7, 11) is 0. The molecule has 0 radical (unpaired) electrons. The van der Waals surface area contributed by atoms with Crippen LogP contribution in [0.3, 0.4) is 0 Å². The van der Waals surface area contributed by atoms with E-state index in [0.29, 0.717) is 17.1 Å². The van der Waals surface area contributed by atoms with Gasteiger partial charge in [0.05, 0.1) is 18.0 Å². The molecule has 0 fully saturated rings. The molecule has 2 N–H and O–H groups in total. The number of furan rings is 1. The van der Waals surface area contributed by atoms with E-state index in [1.54, 1.807) is 19.2 Å². The first-order valence-electron chi connectivity index (χ1n) is 8.66. The lowest BCUT2D eigenvalue weighted by molar-refractivity contribution is 0.0953. The first kappa shape index (κ1) is 19.8. The maximum absolute atomic E-state index is 12.1. The molecular formula is C21H28N2O3. The number of carbonyl (C=O) groups is 1. The minimum atomic E-state index is -0.321. The molecule has 5 nitrogen and oxygen atoms in total. The Labute approximate surface area is 155 Å². The molecule has 0 saturated heterocycles. The van der Waals surface area contributed by atoms with Gasteiger partial charge in [0, 0.05) is 11.1 Å². The Morgan fingerprint density at radius 3 is 2.08 bits per heavy atom. The van der Waals surface area contributed by atoms with Gasteiger partial charge in [0.2, 0.25) is 0 Å². The van der Waals surface area contributed by atoms with E-state index in [9.17, 15) is 9.90 Å². The molecule has 1 heterocycles. The molecule has 0 aliphatic heterocycles. The van der Waals surface area contributed by atoms with Gasteiger partial charge in [-0.3, -0.25) is 4.79 Å². The van der Waals surface area contributed by atoms with Crippen LogP contribution in [0.5, 0.6) is 5.75 Å². The third-order valence-corrected chi connectivity index (χ3v) is 4.23. The second-order valence-electron chi connectivity index (χ2n) is 8.55. The van der Waals surface area contributed by atoms with Crippen LogP contribution in [0.1, 0.15) is 74.4 Å². The monoisotopic (exact) mass is 356 g/mol. The molecule has 2 rings (SSSR count). The fraction of sp³-hybridized carbons (Fsp3) is 0.429. The van der Waals surface area contributed by atoms with Gasteiger partial charge in [0.1, 0.15) is 11.5 Å². The summed E-state index contributed by atoms with van der Waals surface area (Å²) in [5.41, 5.74) is 5.06. The Bertz CT molecular complexity index is 799. The Hall–Kier alpha value is -2.56. The molecule has 0 aliphatic rings. The molecular weight excluding hydrogens is 328 g/mol. The predicted molar refractivity (Wildman–Crippen MR) is 104 cm³/mol. The highest BCUT2D eigenvalue weighted by Crippen LogP contribution is 2.39. The van der Waals surface area contributed by atoms with Crippen LogP contribution in [0.2, 0.25) is 0 Å². The van der Waals surface area contributed by atoms with Crippen LogP contribution in [0.25, 0.3) is 0 Å². The summed E-state index contributed by atoms with van der Waals surface area (Å²) in [4.78, 5) is 12.1. The molecule has 0 atom stereocenters. The number of aryl methyl sites for hydroxylation is 1. The van der Waals surface area contributed by atoms with Crippen LogP contribution in [0, 0.1) is 6.92 Å². The number of carbonyl (C=O) groups excluding carboxylic acids is 1. The number of phenolic OH excluding ortho intramolecular Hbond substituents is 1. The highest BCUT2D eigenvalue weighted by atomic mass is 16.3. The van der Waals surface area contributed by atoms with Crippen molar-refractivity contribution >= 4 is 12.1 Å². The molecule has 140 valence electrons. The van der Waals surface area contributed by atoms with E-state index in [0.717, 1.165) is 16.7 Å². The van der Waals surface area contributed by atoms with Crippen LogP contribution >= 0.6 is 0 Å². The van der Waals surface area contributed by atoms with Gasteiger partial charge < -0.3 is 9.52 Å². The van der Waals surface area contributed by atoms with Gasteiger partial charge in [-0.1, -0.05) is 41.5 Å². The molecule has 0 saturated carbocycles. The summed E-state index contributed by atoms with van der Waals surface area (Å²) in [6.45, 7) is 14.1. The number of rotatable bonds is 3. The Kier molecular flexibility index (Phi) is 5.31. The van der Waals surface area contributed by atoms with Crippen molar-refractivity contribution in [3.05, 3.63) is 52.5 Å². The fourth-order valence-electron chi connectivity index (χ4n) is 2.72. The lowest BCUT2D eigenvalue weighted by atomic mass is 9.78. The van der Waals surface area contributed by atoms with Crippen molar-refractivity contribution in [2.45, 2.75) is 59.3 Å². The molecule has 2 aromatic rings. The lowest BCUT2D eigenvalue weighted by Gasteiger charge is -2.27. The maximum Gasteiger partial charge on any atom is 0.274 e. The van der Waals surface area contributed by atoms with E-state index in [2.05, 4.69) is 52.1 Å². The van der Waals surface area contributed by atoms with Crippen molar-refractivity contribution in [3.8, 4) is 5.75 Å². The topological polar surface area (TPSA) is 74.8 Å². The van der Waals surface area contributed by atoms with Crippen molar-refractivity contribution in [3.63, 3.8) is 0 Å². The first-order valence-corrected chi connectivity index (χ1v) is 8.66. The minimum Gasteiger partial charge on any atom is -0.507 e. The summed E-state index contributed by atoms with van der Waals surface area (Å²) in [6, 6.07) is 5.42. The molecule has 0 bridgehead atoms. The van der Waals surface area contributed by atoms with E-state index in [1.165, 1.54) is 6.26 Å². The van der Waals surface area contributed by atoms with Crippen LogP contribution in [0.15, 0.2) is 34.0 Å². The zero-order valence-corrected chi connectivity index (χ0v) is 16.6. The molecule has 26 heavy (non-hydrogen) atoms. The number of hydrogen-bond donors (Lipinski definition) is 2. The SMILES string of the molecule is Cc1occc1C(=O)N/N=C/c1cc(C(C)(C)C)c(O)c(C(C)(C)C)c1. The highest BCUT2D eigenvalue weighted by Gasteiger charge is 2.26. The average Bonchev–Trinajstić information content (AvgIpc) is 2.92. The molecule has 1 aromatic carbocycles. The molecule has 0 spiro atoms. The number of nitrogens with one attached hydrogen (secondary N) is 1. The number of phenols is 1. The molecule has 0 unspecified atom stereocenters. The molecule has 1 amide bonds. The van der Waals surface area contributed by atoms with Crippen molar-refractivity contribution in [2.75, 3.05) is 0 Å². The van der Waals surface area contributed by atoms with Gasteiger partial charge in [-0.2, -0.15) is 5.10 Å². The van der Waals surface area contributed by atoms with Gasteiger partial charge in [-0.05, 0) is 41.5 Å². The highest BCUT2D eigenvalue weighted by molar-refractivity contribution is 5.95. The molecule has 0 aliphatic carbocycles. The lowest BCUT2D eigenvalue weighted by Crippen LogP contribution is -2.19. The Balaban J connectivity index is 2.34. The van der Waals surface area contributed by atoms with Crippen LogP contribution < -0.4 is 5.43 Å². The average molecular weight is 356 g/mol. The standard InChI is InChI=1S/C21H28N2O3/c1-13-15(8-9-26-13)19(25)23-22-12-14-10-16(20(2,3)4)18(24)17(11-14)21(5,6)7/h8-12,24H,1-7H3,(H,23,25)/b22-12+. The van der Waals surface area contributed by atoms with Gasteiger partial charge in [0.25, 0.3) is 5.91 Å². The van der Waals surface area contributed by atoms with E-state index < -0.39 is 0 Å². The normalized spacial score (nSPS) is 12.6. The Morgan fingerprint density at radius 1 is 1.12 bits per heavy atom. The van der Waals surface area contributed by atoms with Crippen LogP contribution in [0.4, 0.5) is 0 Å². The van der Waals surface area contributed by atoms with Crippen LogP contribution in [-0.2, 0) is 10.8 Å². The van der Waals surface area contributed by atoms with Crippen molar-refractivity contribution < 1.29 is 14.3 Å². The number of benzene rings is 1. The van der Waals surface area contributed by atoms with E-state index in [1.807, 2.05) is 12.1 Å². The third kappa shape index (κ3) is 4.34. The zero-order valence-electron chi connectivity index (χ0n) is 16.6. The van der Waals surface area contributed by atoms with Crippen molar-refractivity contribution in [2.24, 2.45) is 5.10 Å². The number of hydrogen-bond acceptors (Lipinski definition) is 4. The second-order valence-corrected chi connectivity index (χ2v) is 8.55. The Morgan fingerprint density at radius 2 is 1.65 bits per heavy atom. The largest absolute Gasteiger partial charge is 0.507 e. The first-order chi connectivity index (χ1) is 11.9. The van der Waals surface area contributed by atoms with E-state index >= 15 is 0 Å². The molecule has 5 heteroatoms. The van der Waals surface area contributed by atoms with Gasteiger partial charge in [-0.25, -0.2) is 5.43 Å². The van der Waals surface area contributed by atoms with E-state index in [4.69, 9.17) is 4.42 Å². The maximum atomic E-state index is 12.1. The fourth-order valence-corrected chi connectivity index (χ4v) is 2.72. The molecule has 1 aromatic heterocycles. The van der Waals surface area contributed by atoms with Gasteiger partial charge >= 0.3 is 0 Å². The second kappa shape index (κ2) is 6.98. The summed E-state index contributed by atoms with van der Waals surface area (Å²) >= 11 is 0. The summed E-state index contributed by atoms with van der Waals surface area (Å²) in [5.74, 6) is 0.547. The number of hydrazone groups is 1. The predicted octanol–water partition coefficient (Wildman–Crippen LogP) is 4.65. The summed E-state index contributed by atoms with van der Waals surface area (Å²) < 4.78 is 5.13. The zero-order chi connectivity index (χ0) is 19.7. The number of nitrogens with zero attached hydrogens (tertiary/aromatic N) is 1. The minimum absolute atomic E-state index is 0.217. The quantitative estimate of drug-likeness (QED) is 0.621. The van der Waals surface area contributed by atoms with E-state index in [-0.39, 0.29) is 16.7 Å². The summed E-state index contributed by atoms with van der Waals surface area (Å²) in [6.07, 6.45) is 3.07. The van der Waals surface area contributed by atoms with Crippen LogP contribution in [-0.4, -0.2) is 17.2 Å². The third-order valence-electron chi connectivity index (χ3n) is 4.23. The van der Waals surface area contributed by atoms with Gasteiger partial charge in [-0.15, -0.1) is 0 Å². The number of aromatic hydroxyl groups is 1. The van der Waals surface area contributed by atoms with Gasteiger partial charge in [0.15, 0.2) is 0 Å². The van der Waals surface area contributed by atoms with Crippen molar-refractivity contribution in [1.82, 2.24) is 5.43 Å². The van der Waals surface area contributed by atoms with Crippen molar-refractivity contribution in [1.29, 1.82) is 0 Å².